The summed E-state index contributed by atoms with van der Waals surface area (Å²) in [6.45, 7) is 0.422. The molecule has 4 N–H and O–H groups in total. The van der Waals surface area contributed by atoms with Crippen molar-refractivity contribution in [3.05, 3.63) is 0 Å². The molecule has 0 aromatic carbocycles. The second-order valence-corrected chi connectivity index (χ2v) is 6.99. The summed E-state index contributed by atoms with van der Waals surface area (Å²) < 4.78 is 0. The molecule has 2 aliphatic heterocycles. The van der Waals surface area contributed by atoms with Crippen LogP contribution in [0.2, 0.25) is 0 Å². The van der Waals surface area contributed by atoms with Crippen LogP contribution in [0.4, 0.5) is 4.79 Å². The first-order valence-electron chi connectivity index (χ1n) is 7.73. The van der Waals surface area contributed by atoms with Crippen LogP contribution in [0.3, 0.4) is 0 Å². The van der Waals surface area contributed by atoms with Crippen molar-refractivity contribution in [1.29, 1.82) is 0 Å². The minimum Gasteiger partial charge on any atom is -0.481 e. The molecule has 7 nitrogen and oxygen atoms in total. The molecule has 22 heavy (non-hydrogen) atoms. The second-order valence-electron chi connectivity index (χ2n) is 5.71. The monoisotopic (exact) mass is 329 g/mol. The zero-order valence-electron chi connectivity index (χ0n) is 12.5. The first-order chi connectivity index (χ1) is 10.6. The van der Waals surface area contributed by atoms with Gasteiger partial charge in [0.1, 0.15) is 0 Å². The predicted molar refractivity (Wildman–Crippen MR) is 83.8 cm³/mol. The molecule has 0 spiro atoms. The number of rotatable bonds is 9. The number of hydrogen-bond donors (Lipinski definition) is 4. The Kier molecular flexibility index (Phi) is 6.35. The Balaban J connectivity index is 1.51. The van der Waals surface area contributed by atoms with Gasteiger partial charge in [0.25, 0.3) is 0 Å². The number of nitrogens with one attached hydrogen (secondary N) is 3. The van der Waals surface area contributed by atoms with Crippen LogP contribution >= 0.6 is 11.8 Å². The van der Waals surface area contributed by atoms with Gasteiger partial charge in [-0.25, -0.2) is 4.79 Å². The van der Waals surface area contributed by atoms with Crippen molar-refractivity contribution >= 4 is 29.7 Å². The Morgan fingerprint density at radius 3 is 2.82 bits per heavy atom. The minimum atomic E-state index is -0.838. The highest BCUT2D eigenvalue weighted by Gasteiger charge is 2.42. The maximum atomic E-state index is 11.6. The SMILES string of the molecule is O=C(O)CCCNC(=O)CCCC[C@@H]1SCC2NC(=O)NC21. The first-order valence-corrected chi connectivity index (χ1v) is 8.78. The summed E-state index contributed by atoms with van der Waals surface area (Å²) in [4.78, 5) is 33.2. The topological polar surface area (TPSA) is 108 Å². The Bertz CT molecular complexity index is 432. The molecular formula is C14H23N3O4S. The fourth-order valence-corrected chi connectivity index (χ4v) is 4.37. The van der Waals surface area contributed by atoms with Crippen molar-refractivity contribution in [2.24, 2.45) is 0 Å². The molecule has 3 atom stereocenters. The lowest BCUT2D eigenvalue weighted by Crippen LogP contribution is -2.36. The van der Waals surface area contributed by atoms with E-state index in [1.54, 1.807) is 0 Å². The number of carbonyl (C=O) groups excluding carboxylic acids is 2. The third-order valence-corrected chi connectivity index (χ3v) is 5.48. The zero-order chi connectivity index (χ0) is 15.9. The van der Waals surface area contributed by atoms with Crippen LogP contribution < -0.4 is 16.0 Å². The summed E-state index contributed by atoms with van der Waals surface area (Å²) in [5.41, 5.74) is 0. The van der Waals surface area contributed by atoms with Gasteiger partial charge in [-0.15, -0.1) is 0 Å². The van der Waals surface area contributed by atoms with E-state index in [1.165, 1.54) is 0 Å². The van der Waals surface area contributed by atoms with Crippen molar-refractivity contribution < 1.29 is 19.5 Å². The fourth-order valence-electron chi connectivity index (χ4n) is 2.83. The van der Waals surface area contributed by atoms with E-state index >= 15 is 0 Å². The summed E-state index contributed by atoms with van der Waals surface area (Å²) in [5.74, 6) is 0.103. The predicted octanol–water partition coefficient (Wildman–Crippen LogP) is 0.693. The molecule has 2 aliphatic rings. The molecule has 0 bridgehead atoms. The van der Waals surface area contributed by atoms with E-state index in [-0.39, 0.29) is 30.4 Å². The lowest BCUT2D eigenvalue weighted by atomic mass is 10.0. The molecule has 2 heterocycles. The van der Waals surface area contributed by atoms with Crippen molar-refractivity contribution in [2.45, 2.75) is 55.9 Å². The van der Waals surface area contributed by atoms with Gasteiger partial charge in [0.2, 0.25) is 5.91 Å². The number of thioether (sulfide) groups is 1. The van der Waals surface area contributed by atoms with E-state index in [4.69, 9.17) is 5.11 Å². The molecule has 0 saturated carbocycles. The third kappa shape index (κ3) is 5.08. The summed E-state index contributed by atoms with van der Waals surface area (Å²) in [6, 6.07) is 0.406. The summed E-state index contributed by atoms with van der Waals surface area (Å²) in [6.07, 6.45) is 3.81. The van der Waals surface area contributed by atoms with Crippen molar-refractivity contribution in [3.63, 3.8) is 0 Å². The molecule has 0 radical (unpaired) electrons. The van der Waals surface area contributed by atoms with Gasteiger partial charge in [-0.3, -0.25) is 9.59 Å². The Labute approximate surface area is 134 Å². The van der Waals surface area contributed by atoms with E-state index in [9.17, 15) is 14.4 Å². The van der Waals surface area contributed by atoms with E-state index in [1.807, 2.05) is 11.8 Å². The van der Waals surface area contributed by atoms with Gasteiger partial charge in [0.05, 0.1) is 12.1 Å². The quantitative estimate of drug-likeness (QED) is 0.368. The molecular weight excluding hydrogens is 306 g/mol. The largest absolute Gasteiger partial charge is 0.481 e. The molecule has 124 valence electrons. The summed E-state index contributed by atoms with van der Waals surface area (Å²) >= 11 is 1.88. The van der Waals surface area contributed by atoms with Gasteiger partial charge >= 0.3 is 12.0 Å². The van der Waals surface area contributed by atoms with Crippen LogP contribution in [0, 0.1) is 0 Å². The zero-order valence-corrected chi connectivity index (χ0v) is 13.3. The highest BCUT2D eigenvalue weighted by molar-refractivity contribution is 8.00. The lowest BCUT2D eigenvalue weighted by Gasteiger charge is -2.16. The number of carbonyl (C=O) groups is 3. The molecule has 0 aromatic heterocycles. The Morgan fingerprint density at radius 2 is 2.05 bits per heavy atom. The normalized spacial score (nSPS) is 26.2. The molecule has 2 unspecified atom stereocenters. The van der Waals surface area contributed by atoms with Crippen LogP contribution in [0.1, 0.15) is 38.5 Å². The van der Waals surface area contributed by atoms with Crippen LogP contribution in [-0.4, -0.2) is 52.6 Å². The maximum Gasteiger partial charge on any atom is 0.315 e. The number of carboxylic acid groups (broad SMARTS) is 1. The van der Waals surface area contributed by atoms with E-state index in [0.717, 1.165) is 25.0 Å². The minimum absolute atomic E-state index is 0.0156. The van der Waals surface area contributed by atoms with Gasteiger partial charge in [0.15, 0.2) is 0 Å². The van der Waals surface area contributed by atoms with Gasteiger partial charge in [0, 0.05) is 30.4 Å². The number of fused-ring (bicyclic) bond motifs is 1. The number of hydrogen-bond acceptors (Lipinski definition) is 4. The van der Waals surface area contributed by atoms with Gasteiger partial charge in [-0.05, 0) is 19.3 Å². The average molecular weight is 329 g/mol. The Morgan fingerprint density at radius 1 is 1.23 bits per heavy atom. The summed E-state index contributed by atoms with van der Waals surface area (Å²) in [7, 11) is 0. The standard InChI is InChI=1S/C14H23N3O4S/c18-11(15-7-3-6-12(19)20)5-2-1-4-10-13-9(8-22-10)16-14(21)17-13/h9-10,13H,1-8H2,(H,15,18)(H,19,20)(H2,16,17,21)/t9?,10-,13?/m0/s1. The van der Waals surface area contributed by atoms with E-state index in [2.05, 4.69) is 16.0 Å². The number of amides is 3. The molecule has 2 rings (SSSR count). The van der Waals surface area contributed by atoms with E-state index in [0.29, 0.717) is 24.6 Å². The molecule has 2 saturated heterocycles. The van der Waals surface area contributed by atoms with Gasteiger partial charge in [-0.1, -0.05) is 6.42 Å². The molecule has 0 aromatic rings. The number of urea groups is 1. The molecule has 2 fully saturated rings. The van der Waals surface area contributed by atoms with Gasteiger partial charge < -0.3 is 21.1 Å². The summed E-state index contributed by atoms with van der Waals surface area (Å²) in [5, 5.41) is 17.5. The highest BCUT2D eigenvalue weighted by Crippen LogP contribution is 2.33. The van der Waals surface area contributed by atoms with E-state index < -0.39 is 5.97 Å². The van der Waals surface area contributed by atoms with Crippen molar-refractivity contribution in [3.8, 4) is 0 Å². The maximum absolute atomic E-state index is 11.6. The fraction of sp³-hybridized carbons (Fsp3) is 0.786. The average Bonchev–Trinajstić information content (AvgIpc) is 2.99. The Hall–Kier alpha value is -1.44. The molecule has 0 aliphatic carbocycles. The van der Waals surface area contributed by atoms with Crippen LogP contribution in [0.25, 0.3) is 0 Å². The number of aliphatic carboxylic acids is 1. The number of unbranched alkanes of at least 4 members (excludes halogenated alkanes) is 1. The second kappa shape index (κ2) is 8.26. The lowest BCUT2D eigenvalue weighted by molar-refractivity contribution is -0.137. The first kappa shape index (κ1) is 16.9. The van der Waals surface area contributed by atoms with Crippen molar-refractivity contribution in [2.75, 3.05) is 12.3 Å². The number of carboxylic acids is 1. The van der Waals surface area contributed by atoms with Crippen molar-refractivity contribution in [1.82, 2.24) is 16.0 Å². The molecule has 3 amide bonds. The van der Waals surface area contributed by atoms with Crippen LogP contribution in [0.5, 0.6) is 0 Å². The highest BCUT2D eigenvalue weighted by atomic mass is 32.2. The molecule has 8 heteroatoms. The van der Waals surface area contributed by atoms with Crippen LogP contribution in [-0.2, 0) is 9.59 Å². The smallest absolute Gasteiger partial charge is 0.315 e. The third-order valence-electron chi connectivity index (χ3n) is 3.97. The van der Waals surface area contributed by atoms with Gasteiger partial charge in [-0.2, -0.15) is 11.8 Å². The van der Waals surface area contributed by atoms with Crippen LogP contribution in [0.15, 0.2) is 0 Å².